The van der Waals surface area contributed by atoms with Crippen molar-refractivity contribution in [3.63, 3.8) is 0 Å². The highest BCUT2D eigenvalue weighted by Gasteiger charge is 2.34. The lowest BCUT2D eigenvalue weighted by Gasteiger charge is -2.27. The Kier molecular flexibility index (Phi) is 6.62. The van der Waals surface area contributed by atoms with E-state index in [0.717, 1.165) is 19.3 Å². The van der Waals surface area contributed by atoms with Gasteiger partial charge in [0.1, 0.15) is 5.60 Å². The summed E-state index contributed by atoms with van der Waals surface area (Å²) in [6.07, 6.45) is 2.43. The molecule has 1 heterocycles. The van der Waals surface area contributed by atoms with E-state index in [9.17, 15) is 0 Å². The minimum absolute atomic E-state index is 0.341. The van der Waals surface area contributed by atoms with Gasteiger partial charge < -0.3 is 14.6 Å². The molecule has 0 fully saturated rings. The van der Waals surface area contributed by atoms with Crippen LogP contribution in [-0.2, 0) is 16.8 Å². The SMILES string of the molecule is CCOC(CC)(CC)c1noc(CC(NC)C(C)C)n1. The zero-order chi connectivity index (χ0) is 15.2. The van der Waals surface area contributed by atoms with Crippen molar-refractivity contribution in [3.05, 3.63) is 11.7 Å². The molecule has 0 aliphatic heterocycles. The molecule has 0 aromatic carbocycles. The number of ether oxygens (including phenoxy) is 1. The van der Waals surface area contributed by atoms with Crippen LogP contribution in [0.3, 0.4) is 0 Å². The Morgan fingerprint density at radius 1 is 1.25 bits per heavy atom. The molecule has 1 atom stereocenters. The number of aromatic nitrogens is 2. The van der Waals surface area contributed by atoms with E-state index in [-0.39, 0.29) is 0 Å². The van der Waals surface area contributed by atoms with Crippen molar-refractivity contribution in [3.8, 4) is 0 Å². The Morgan fingerprint density at radius 2 is 1.90 bits per heavy atom. The monoisotopic (exact) mass is 283 g/mol. The molecule has 1 unspecified atom stereocenters. The minimum atomic E-state index is -0.413. The number of hydrogen-bond acceptors (Lipinski definition) is 5. The standard InChI is InChI=1S/C15H29N3O2/c1-7-15(8-2,19-9-3)14-17-13(20-18-14)10-12(16-6)11(4)5/h11-12,16H,7-10H2,1-6H3. The third-order valence-electron chi connectivity index (χ3n) is 4.01. The summed E-state index contributed by atoms with van der Waals surface area (Å²) in [7, 11) is 1.96. The first-order chi connectivity index (χ1) is 9.52. The largest absolute Gasteiger partial charge is 0.367 e. The summed E-state index contributed by atoms with van der Waals surface area (Å²) in [5, 5.41) is 7.45. The summed E-state index contributed by atoms with van der Waals surface area (Å²) < 4.78 is 11.3. The molecule has 0 spiro atoms. The van der Waals surface area contributed by atoms with Gasteiger partial charge in [0.15, 0.2) is 0 Å². The van der Waals surface area contributed by atoms with Crippen LogP contribution in [0.25, 0.3) is 0 Å². The van der Waals surface area contributed by atoms with Crippen LogP contribution in [0.5, 0.6) is 0 Å². The normalized spacial score (nSPS) is 13.9. The minimum Gasteiger partial charge on any atom is -0.367 e. The van der Waals surface area contributed by atoms with Crippen molar-refractivity contribution < 1.29 is 9.26 Å². The van der Waals surface area contributed by atoms with Crippen molar-refractivity contribution in [2.24, 2.45) is 5.92 Å². The Morgan fingerprint density at radius 3 is 2.35 bits per heavy atom. The molecule has 0 radical (unpaired) electrons. The van der Waals surface area contributed by atoms with Crippen LogP contribution >= 0.6 is 0 Å². The van der Waals surface area contributed by atoms with Gasteiger partial charge in [-0.2, -0.15) is 4.98 Å². The van der Waals surface area contributed by atoms with E-state index >= 15 is 0 Å². The van der Waals surface area contributed by atoms with Crippen LogP contribution in [-0.4, -0.2) is 29.8 Å². The summed E-state index contributed by atoms with van der Waals surface area (Å²) in [5.41, 5.74) is -0.413. The van der Waals surface area contributed by atoms with E-state index in [0.29, 0.717) is 30.3 Å². The number of hydrogen-bond donors (Lipinski definition) is 1. The smallest absolute Gasteiger partial charge is 0.228 e. The first-order valence-electron chi connectivity index (χ1n) is 7.67. The van der Waals surface area contributed by atoms with E-state index in [4.69, 9.17) is 9.26 Å². The fraction of sp³-hybridized carbons (Fsp3) is 0.867. The Hall–Kier alpha value is -0.940. The third kappa shape index (κ3) is 3.79. The molecule has 20 heavy (non-hydrogen) atoms. The molecular weight excluding hydrogens is 254 g/mol. The maximum atomic E-state index is 5.91. The molecule has 5 heteroatoms. The van der Waals surface area contributed by atoms with Crippen molar-refractivity contribution in [2.75, 3.05) is 13.7 Å². The molecule has 0 aliphatic carbocycles. The molecule has 1 aromatic heterocycles. The van der Waals surface area contributed by atoms with Gasteiger partial charge in [-0.3, -0.25) is 0 Å². The highest BCUT2D eigenvalue weighted by molar-refractivity contribution is 5.02. The van der Waals surface area contributed by atoms with Gasteiger partial charge in [0.05, 0.1) is 0 Å². The van der Waals surface area contributed by atoms with Crippen LogP contribution in [0.15, 0.2) is 4.52 Å². The molecular formula is C15H29N3O2. The molecule has 0 amide bonds. The second kappa shape index (κ2) is 7.74. The third-order valence-corrected chi connectivity index (χ3v) is 4.01. The molecule has 0 aliphatic rings. The fourth-order valence-electron chi connectivity index (χ4n) is 2.49. The molecule has 0 bridgehead atoms. The lowest BCUT2D eigenvalue weighted by atomic mass is 9.96. The number of nitrogens with one attached hydrogen (secondary N) is 1. The van der Waals surface area contributed by atoms with Crippen LogP contribution in [0.2, 0.25) is 0 Å². The molecule has 5 nitrogen and oxygen atoms in total. The maximum Gasteiger partial charge on any atom is 0.228 e. The van der Waals surface area contributed by atoms with Gasteiger partial charge in [0.2, 0.25) is 11.7 Å². The molecule has 0 saturated heterocycles. The highest BCUT2D eigenvalue weighted by Crippen LogP contribution is 2.31. The van der Waals surface area contributed by atoms with Gasteiger partial charge >= 0.3 is 0 Å². The Balaban J connectivity index is 2.89. The zero-order valence-corrected chi connectivity index (χ0v) is 13.7. The van der Waals surface area contributed by atoms with Crippen LogP contribution in [0.1, 0.15) is 59.2 Å². The van der Waals surface area contributed by atoms with Crippen LogP contribution in [0.4, 0.5) is 0 Å². The number of likely N-dealkylation sites (N-methyl/N-ethyl adjacent to an activating group) is 1. The van der Waals surface area contributed by atoms with E-state index in [1.807, 2.05) is 14.0 Å². The maximum absolute atomic E-state index is 5.91. The topological polar surface area (TPSA) is 60.2 Å². The second-order valence-electron chi connectivity index (χ2n) is 5.49. The van der Waals surface area contributed by atoms with E-state index in [1.165, 1.54) is 0 Å². The summed E-state index contributed by atoms with van der Waals surface area (Å²) in [4.78, 5) is 4.57. The predicted octanol–water partition coefficient (Wildman–Crippen LogP) is 2.91. The van der Waals surface area contributed by atoms with Gasteiger partial charge in [-0.15, -0.1) is 0 Å². The van der Waals surface area contributed by atoms with Crippen LogP contribution in [0, 0.1) is 5.92 Å². The second-order valence-corrected chi connectivity index (χ2v) is 5.49. The van der Waals surface area contributed by atoms with E-state index in [2.05, 4.69) is 43.2 Å². The molecule has 1 aromatic rings. The van der Waals surface area contributed by atoms with Crippen molar-refractivity contribution in [2.45, 2.75) is 65.5 Å². The van der Waals surface area contributed by atoms with Crippen molar-refractivity contribution in [1.82, 2.24) is 15.5 Å². The average Bonchev–Trinajstić information content (AvgIpc) is 2.91. The molecule has 1 rings (SSSR count). The fourth-order valence-corrected chi connectivity index (χ4v) is 2.49. The van der Waals surface area contributed by atoms with Gasteiger partial charge in [0.25, 0.3) is 0 Å². The Labute approximate surface area is 122 Å². The van der Waals surface area contributed by atoms with Gasteiger partial charge in [-0.25, -0.2) is 0 Å². The van der Waals surface area contributed by atoms with Gasteiger partial charge in [-0.05, 0) is 32.7 Å². The lowest BCUT2D eigenvalue weighted by molar-refractivity contribution is -0.0583. The summed E-state index contributed by atoms with van der Waals surface area (Å²) in [5.74, 6) is 1.88. The van der Waals surface area contributed by atoms with Crippen molar-refractivity contribution in [1.29, 1.82) is 0 Å². The zero-order valence-electron chi connectivity index (χ0n) is 13.7. The Bertz CT molecular complexity index is 386. The first-order valence-corrected chi connectivity index (χ1v) is 7.67. The quantitative estimate of drug-likeness (QED) is 0.755. The number of rotatable bonds is 9. The predicted molar refractivity (Wildman–Crippen MR) is 79.6 cm³/mol. The molecule has 116 valence electrons. The van der Waals surface area contributed by atoms with Crippen molar-refractivity contribution >= 4 is 0 Å². The van der Waals surface area contributed by atoms with Gasteiger partial charge in [0, 0.05) is 19.1 Å². The van der Waals surface area contributed by atoms with E-state index < -0.39 is 5.60 Å². The first kappa shape index (κ1) is 17.1. The molecule has 0 saturated carbocycles. The molecule has 1 N–H and O–H groups in total. The highest BCUT2D eigenvalue weighted by atomic mass is 16.5. The van der Waals surface area contributed by atoms with E-state index in [1.54, 1.807) is 0 Å². The average molecular weight is 283 g/mol. The summed E-state index contributed by atoms with van der Waals surface area (Å²) in [6.45, 7) is 11.2. The summed E-state index contributed by atoms with van der Waals surface area (Å²) in [6, 6.07) is 0.341. The van der Waals surface area contributed by atoms with Gasteiger partial charge in [-0.1, -0.05) is 32.9 Å². The lowest BCUT2D eigenvalue weighted by Crippen LogP contribution is -2.33. The van der Waals surface area contributed by atoms with Crippen LogP contribution < -0.4 is 5.32 Å². The number of nitrogens with zero attached hydrogens (tertiary/aromatic N) is 2. The summed E-state index contributed by atoms with van der Waals surface area (Å²) >= 11 is 0.